The maximum atomic E-state index is 15.6. The van der Waals surface area contributed by atoms with Crippen LogP contribution in [0.5, 0.6) is 0 Å². The van der Waals surface area contributed by atoms with Gasteiger partial charge >= 0.3 is 5.97 Å². The number of pyridine rings is 3. The Morgan fingerprint density at radius 3 is 2.54 bits per heavy atom. The SMILES string of the molecule is CNc1cc(F)c(F)c2c1[nH]c1ncc(-c3cnc4c(c3)c(=O)c(C(=O)O)cn4C)c(N3C[C@@H]4C(N(C)C)[C@@H]4C3)c12. The summed E-state index contributed by atoms with van der Waals surface area (Å²) in [4.78, 5) is 41.5. The number of nitrogens with one attached hydrogen (secondary N) is 2. The molecule has 0 spiro atoms. The Balaban J connectivity index is 1.52. The summed E-state index contributed by atoms with van der Waals surface area (Å²) in [7, 11) is 7.39. The quantitative estimate of drug-likeness (QED) is 0.299. The lowest BCUT2D eigenvalue weighted by Gasteiger charge is -2.27. The van der Waals surface area contributed by atoms with Crippen LogP contribution in [0, 0.1) is 23.5 Å². The molecule has 1 aliphatic heterocycles. The van der Waals surface area contributed by atoms with Gasteiger partial charge in [-0.3, -0.25) is 4.79 Å². The van der Waals surface area contributed by atoms with Crippen LogP contribution in [0.15, 0.2) is 35.5 Å². The third-order valence-corrected chi connectivity index (χ3v) is 8.65. The minimum Gasteiger partial charge on any atom is -0.477 e. The summed E-state index contributed by atoms with van der Waals surface area (Å²) in [5.41, 5.74) is 2.31. The molecule has 3 N–H and O–H groups in total. The average molecular weight is 560 g/mol. The summed E-state index contributed by atoms with van der Waals surface area (Å²) >= 11 is 0. The number of aromatic carboxylic acids is 1. The molecule has 2 aliphatic rings. The molecule has 10 nitrogen and oxygen atoms in total. The topological polar surface area (TPSA) is 119 Å². The second-order valence-corrected chi connectivity index (χ2v) is 11.2. The number of nitrogens with zero attached hydrogens (tertiary/aromatic N) is 5. The van der Waals surface area contributed by atoms with Gasteiger partial charge in [-0.25, -0.2) is 23.5 Å². The van der Waals surface area contributed by atoms with Gasteiger partial charge in [0.2, 0.25) is 5.43 Å². The molecule has 1 saturated heterocycles. The Hall–Kier alpha value is -4.58. The number of aromatic amines is 1. The van der Waals surface area contributed by atoms with Crippen molar-refractivity contribution in [2.75, 3.05) is 44.4 Å². The zero-order valence-electron chi connectivity index (χ0n) is 22.8. The number of halogens is 2. The highest BCUT2D eigenvalue weighted by atomic mass is 19.2. The van der Waals surface area contributed by atoms with Crippen LogP contribution >= 0.6 is 0 Å². The number of piperidine rings is 1. The molecule has 1 aromatic carbocycles. The second kappa shape index (κ2) is 8.71. The van der Waals surface area contributed by atoms with Gasteiger partial charge in [-0.1, -0.05) is 0 Å². The first kappa shape index (κ1) is 25.4. The van der Waals surface area contributed by atoms with E-state index in [0.717, 1.165) is 6.07 Å². The van der Waals surface area contributed by atoms with Gasteiger partial charge in [0.05, 0.1) is 33.1 Å². The number of H-pyrrole nitrogens is 1. The highest BCUT2D eigenvalue weighted by Crippen LogP contribution is 2.52. The normalized spacial score (nSPS) is 20.0. The number of fused-ring (bicyclic) bond motifs is 5. The molecule has 0 bridgehead atoms. The number of aromatic nitrogens is 4. The van der Waals surface area contributed by atoms with Crippen LogP contribution in [0.1, 0.15) is 10.4 Å². The van der Waals surface area contributed by atoms with Crippen LogP contribution < -0.4 is 15.6 Å². The first-order valence-electron chi connectivity index (χ1n) is 13.2. The molecule has 0 radical (unpaired) electrons. The third kappa shape index (κ3) is 3.56. The van der Waals surface area contributed by atoms with Gasteiger partial charge in [-0.2, -0.15) is 0 Å². The van der Waals surface area contributed by atoms with Crippen molar-refractivity contribution in [1.29, 1.82) is 0 Å². The summed E-state index contributed by atoms with van der Waals surface area (Å²) in [6, 6.07) is 3.18. The number of hydrogen-bond acceptors (Lipinski definition) is 7. The first-order chi connectivity index (χ1) is 19.6. The van der Waals surface area contributed by atoms with Crippen LogP contribution in [0.2, 0.25) is 0 Å². The fourth-order valence-electron chi connectivity index (χ4n) is 6.79. The predicted molar refractivity (Wildman–Crippen MR) is 153 cm³/mol. The van der Waals surface area contributed by atoms with Crippen molar-refractivity contribution >= 4 is 50.3 Å². The van der Waals surface area contributed by atoms with E-state index >= 15 is 4.39 Å². The number of benzene rings is 1. The summed E-state index contributed by atoms with van der Waals surface area (Å²) < 4.78 is 31.9. The summed E-state index contributed by atoms with van der Waals surface area (Å²) in [6.07, 6.45) is 4.49. The Kier molecular flexibility index (Phi) is 5.39. The molecule has 5 aromatic rings. The van der Waals surface area contributed by atoms with Crippen LogP contribution in [0.4, 0.5) is 20.2 Å². The fourth-order valence-corrected chi connectivity index (χ4v) is 6.79. The minimum absolute atomic E-state index is 0.0938. The van der Waals surface area contributed by atoms with Gasteiger partial charge in [0.25, 0.3) is 0 Å². The van der Waals surface area contributed by atoms with Crippen molar-refractivity contribution in [2.24, 2.45) is 18.9 Å². The molecule has 41 heavy (non-hydrogen) atoms. The highest BCUT2D eigenvalue weighted by molar-refractivity contribution is 6.18. The predicted octanol–water partition coefficient (Wildman–Crippen LogP) is 3.64. The molecule has 210 valence electrons. The largest absolute Gasteiger partial charge is 0.477 e. The van der Waals surface area contributed by atoms with E-state index in [1.807, 2.05) is 0 Å². The smallest absolute Gasteiger partial charge is 0.341 e. The maximum absolute atomic E-state index is 15.6. The molecular formula is C29H27F2N7O3. The Morgan fingerprint density at radius 2 is 1.88 bits per heavy atom. The van der Waals surface area contributed by atoms with E-state index in [1.54, 1.807) is 32.6 Å². The van der Waals surface area contributed by atoms with Crippen LogP contribution in [0.25, 0.3) is 44.1 Å². The van der Waals surface area contributed by atoms with Crippen molar-refractivity contribution in [2.45, 2.75) is 6.04 Å². The van der Waals surface area contributed by atoms with Gasteiger partial charge in [0, 0.05) is 69.0 Å². The molecular weight excluding hydrogens is 532 g/mol. The van der Waals surface area contributed by atoms with E-state index in [1.165, 1.54) is 10.8 Å². The van der Waals surface area contributed by atoms with E-state index in [2.05, 4.69) is 44.2 Å². The van der Waals surface area contributed by atoms with Gasteiger partial charge in [-0.05, 0) is 32.0 Å². The second-order valence-electron chi connectivity index (χ2n) is 11.2. The van der Waals surface area contributed by atoms with E-state index in [0.29, 0.717) is 75.7 Å². The first-order valence-corrected chi connectivity index (χ1v) is 13.2. The molecule has 3 atom stereocenters. The van der Waals surface area contributed by atoms with E-state index in [4.69, 9.17) is 0 Å². The number of hydrogen-bond donors (Lipinski definition) is 3. The fraction of sp³-hybridized carbons (Fsp3) is 0.310. The van der Waals surface area contributed by atoms with E-state index in [9.17, 15) is 19.1 Å². The molecule has 1 unspecified atom stereocenters. The molecule has 1 aliphatic carbocycles. The number of rotatable bonds is 5. The van der Waals surface area contributed by atoms with Crippen LogP contribution in [-0.4, -0.2) is 75.8 Å². The standard InChI is InChI=1S/C29H27F2N7O3/c1-32-19-6-18(30)22(31)20-21-25(38-10-15-16(11-38)24(15)36(2)3)14(8-33-27(21)35-23(19)20)12-5-13-26(39)17(29(40)41)9-37(4)28(13)34-7-12/h5-9,15-16,24,32H,10-11H2,1-4H3,(H,33,35)(H,40,41)/t15-,16+,24?. The average Bonchev–Trinajstić information content (AvgIpc) is 3.26. The number of carboxylic acids is 1. The van der Waals surface area contributed by atoms with E-state index in [-0.39, 0.29) is 16.3 Å². The van der Waals surface area contributed by atoms with Gasteiger partial charge in [0.15, 0.2) is 11.6 Å². The van der Waals surface area contributed by atoms with Gasteiger partial charge < -0.3 is 29.8 Å². The van der Waals surface area contributed by atoms with Crippen LogP contribution in [-0.2, 0) is 7.05 Å². The lowest BCUT2D eigenvalue weighted by atomic mass is 10.0. The van der Waals surface area contributed by atoms with Crippen molar-refractivity contribution in [1.82, 2.24) is 24.4 Å². The van der Waals surface area contributed by atoms with Crippen molar-refractivity contribution in [3.05, 3.63) is 58.1 Å². The Labute approximate surface area is 232 Å². The monoisotopic (exact) mass is 559 g/mol. The molecule has 0 amide bonds. The third-order valence-electron chi connectivity index (χ3n) is 8.65. The van der Waals surface area contributed by atoms with Crippen molar-refractivity contribution in [3.63, 3.8) is 0 Å². The summed E-state index contributed by atoms with van der Waals surface area (Å²) in [5, 5.41) is 13.2. The lowest BCUT2D eigenvalue weighted by Crippen LogP contribution is -2.31. The number of carboxylic acid groups (broad SMARTS) is 1. The minimum atomic E-state index is -1.33. The lowest BCUT2D eigenvalue weighted by molar-refractivity contribution is 0.0695. The number of anilines is 2. The molecule has 2 fully saturated rings. The molecule has 1 saturated carbocycles. The van der Waals surface area contributed by atoms with Gasteiger partial charge in [0.1, 0.15) is 16.9 Å². The molecule has 5 heterocycles. The summed E-state index contributed by atoms with van der Waals surface area (Å²) in [5.74, 6) is -2.42. The zero-order chi connectivity index (χ0) is 28.9. The highest BCUT2D eigenvalue weighted by Gasteiger charge is 2.57. The summed E-state index contributed by atoms with van der Waals surface area (Å²) in [6.45, 7) is 1.43. The van der Waals surface area contributed by atoms with Crippen LogP contribution in [0.3, 0.4) is 0 Å². The van der Waals surface area contributed by atoms with E-state index < -0.39 is 23.0 Å². The number of carbonyl (C=O) groups is 1. The molecule has 12 heteroatoms. The van der Waals surface area contributed by atoms with Gasteiger partial charge in [-0.15, -0.1) is 0 Å². The van der Waals surface area contributed by atoms with Crippen molar-refractivity contribution < 1.29 is 18.7 Å². The molecule has 4 aromatic heterocycles. The number of aryl methyl sites for hydroxylation is 1. The molecule has 7 rings (SSSR count). The Bertz CT molecular complexity index is 1990. The Morgan fingerprint density at radius 1 is 1.15 bits per heavy atom. The maximum Gasteiger partial charge on any atom is 0.341 e. The van der Waals surface area contributed by atoms with Crippen molar-refractivity contribution in [3.8, 4) is 11.1 Å². The zero-order valence-corrected chi connectivity index (χ0v) is 22.8.